The number of rotatable bonds is 10. The maximum atomic E-state index is 9.50. The molecule has 0 aromatic heterocycles. The molecule has 0 heterocycles. The van der Waals surface area contributed by atoms with Crippen LogP contribution < -0.4 is 5.32 Å². The first kappa shape index (κ1) is 17.9. The normalized spacial score (nSPS) is 17.2. The molecule has 0 radical (unpaired) electrons. The van der Waals surface area contributed by atoms with E-state index in [1.165, 1.54) is 0 Å². The zero-order valence-electron chi connectivity index (χ0n) is 13.3. The van der Waals surface area contributed by atoms with Crippen molar-refractivity contribution in [1.29, 1.82) is 0 Å². The van der Waals surface area contributed by atoms with Gasteiger partial charge in [0, 0.05) is 11.6 Å². The first-order valence-electron chi connectivity index (χ1n) is 7.42. The topological polar surface area (TPSA) is 35.5 Å². The average molecular weight is 258 g/mol. The molecular formula is C15H34N2O. The molecule has 3 nitrogen and oxygen atoms in total. The summed E-state index contributed by atoms with van der Waals surface area (Å²) in [5.41, 5.74) is -0.113. The third-order valence-corrected chi connectivity index (χ3v) is 4.05. The fraction of sp³-hybridized carbons (Fsp3) is 1.00. The molecule has 0 bridgehead atoms. The van der Waals surface area contributed by atoms with Gasteiger partial charge in [0.1, 0.15) is 0 Å². The van der Waals surface area contributed by atoms with Crippen LogP contribution in [0.3, 0.4) is 0 Å². The van der Waals surface area contributed by atoms with Crippen LogP contribution in [-0.4, -0.2) is 48.3 Å². The molecule has 0 aliphatic heterocycles. The predicted octanol–water partition coefficient (Wildman–Crippen LogP) is 2.49. The summed E-state index contributed by atoms with van der Waals surface area (Å²) < 4.78 is 0. The summed E-state index contributed by atoms with van der Waals surface area (Å²) in [5, 5.41) is 13.0. The second-order valence-electron chi connectivity index (χ2n) is 6.21. The standard InChI is InChI=1S/C15H34N2O/c1-7-10-16-15(5,12-18)9-8-11-17(6)14(4)13(2)3/h13-14,16,18H,7-12H2,1-6H3. The van der Waals surface area contributed by atoms with Gasteiger partial charge < -0.3 is 15.3 Å². The van der Waals surface area contributed by atoms with Gasteiger partial charge in [0.25, 0.3) is 0 Å². The van der Waals surface area contributed by atoms with Gasteiger partial charge >= 0.3 is 0 Å². The number of aliphatic hydroxyl groups excluding tert-OH is 1. The van der Waals surface area contributed by atoms with Crippen LogP contribution in [0.5, 0.6) is 0 Å². The van der Waals surface area contributed by atoms with Crippen LogP contribution in [0, 0.1) is 5.92 Å². The second-order valence-corrected chi connectivity index (χ2v) is 6.21. The number of aliphatic hydroxyl groups is 1. The van der Waals surface area contributed by atoms with Crippen molar-refractivity contribution in [1.82, 2.24) is 10.2 Å². The van der Waals surface area contributed by atoms with Crippen LogP contribution >= 0.6 is 0 Å². The lowest BCUT2D eigenvalue weighted by molar-refractivity contribution is 0.150. The number of hydrogen-bond donors (Lipinski definition) is 2. The van der Waals surface area contributed by atoms with E-state index in [1.807, 2.05) is 0 Å². The van der Waals surface area contributed by atoms with Gasteiger partial charge in [-0.05, 0) is 59.2 Å². The molecule has 0 saturated carbocycles. The molecule has 0 fully saturated rings. The van der Waals surface area contributed by atoms with Gasteiger partial charge in [0.2, 0.25) is 0 Å². The fourth-order valence-corrected chi connectivity index (χ4v) is 2.08. The van der Waals surface area contributed by atoms with Crippen molar-refractivity contribution >= 4 is 0 Å². The Morgan fingerprint density at radius 3 is 2.33 bits per heavy atom. The minimum absolute atomic E-state index is 0.113. The molecule has 0 aromatic rings. The molecule has 0 aromatic carbocycles. The Morgan fingerprint density at radius 2 is 1.89 bits per heavy atom. The highest BCUT2D eigenvalue weighted by Gasteiger charge is 2.22. The van der Waals surface area contributed by atoms with Gasteiger partial charge in [-0.3, -0.25) is 0 Å². The fourth-order valence-electron chi connectivity index (χ4n) is 2.08. The van der Waals surface area contributed by atoms with Crippen molar-refractivity contribution in [3.05, 3.63) is 0 Å². The lowest BCUT2D eigenvalue weighted by Crippen LogP contribution is -2.46. The molecule has 0 rings (SSSR count). The summed E-state index contributed by atoms with van der Waals surface area (Å²) in [7, 11) is 2.19. The molecule has 18 heavy (non-hydrogen) atoms. The number of nitrogens with zero attached hydrogens (tertiary/aromatic N) is 1. The van der Waals surface area contributed by atoms with Gasteiger partial charge in [-0.15, -0.1) is 0 Å². The Morgan fingerprint density at radius 1 is 1.28 bits per heavy atom. The Hall–Kier alpha value is -0.120. The smallest absolute Gasteiger partial charge is 0.0610 e. The van der Waals surface area contributed by atoms with Gasteiger partial charge in [0.05, 0.1) is 6.61 Å². The summed E-state index contributed by atoms with van der Waals surface area (Å²) in [6, 6.07) is 0.619. The summed E-state index contributed by atoms with van der Waals surface area (Å²) in [6.07, 6.45) is 3.26. The minimum Gasteiger partial charge on any atom is -0.394 e. The molecule has 0 amide bonds. The quantitative estimate of drug-likeness (QED) is 0.632. The Kier molecular flexibility index (Phi) is 8.83. The van der Waals surface area contributed by atoms with E-state index < -0.39 is 0 Å². The lowest BCUT2D eigenvalue weighted by atomic mass is 9.96. The van der Waals surface area contributed by atoms with Gasteiger partial charge in [0.15, 0.2) is 0 Å². The lowest BCUT2D eigenvalue weighted by Gasteiger charge is -2.32. The van der Waals surface area contributed by atoms with Gasteiger partial charge in [-0.1, -0.05) is 20.8 Å². The molecule has 2 unspecified atom stereocenters. The van der Waals surface area contributed by atoms with Crippen LogP contribution in [0.4, 0.5) is 0 Å². The maximum Gasteiger partial charge on any atom is 0.0610 e. The van der Waals surface area contributed by atoms with E-state index in [-0.39, 0.29) is 12.1 Å². The number of nitrogens with one attached hydrogen (secondary N) is 1. The van der Waals surface area contributed by atoms with Crippen molar-refractivity contribution in [2.45, 2.75) is 65.5 Å². The third-order valence-electron chi connectivity index (χ3n) is 4.05. The van der Waals surface area contributed by atoms with Crippen LogP contribution in [0.2, 0.25) is 0 Å². The zero-order chi connectivity index (χ0) is 14.2. The maximum absolute atomic E-state index is 9.50. The Bertz CT molecular complexity index is 209. The minimum atomic E-state index is -0.113. The highest BCUT2D eigenvalue weighted by molar-refractivity contribution is 4.82. The van der Waals surface area contributed by atoms with Crippen LogP contribution in [0.1, 0.15) is 53.9 Å². The first-order valence-corrected chi connectivity index (χ1v) is 7.42. The van der Waals surface area contributed by atoms with Crippen LogP contribution in [0.15, 0.2) is 0 Å². The molecular weight excluding hydrogens is 224 g/mol. The van der Waals surface area contributed by atoms with E-state index in [9.17, 15) is 5.11 Å². The SMILES string of the molecule is CCCNC(C)(CO)CCCN(C)C(C)C(C)C. The van der Waals surface area contributed by atoms with Crippen LogP contribution in [-0.2, 0) is 0 Å². The molecule has 0 aliphatic carbocycles. The molecule has 0 aliphatic rings. The third kappa shape index (κ3) is 6.72. The highest BCUT2D eigenvalue weighted by atomic mass is 16.3. The average Bonchev–Trinajstić information content (AvgIpc) is 2.35. The van der Waals surface area contributed by atoms with E-state index in [4.69, 9.17) is 0 Å². The zero-order valence-corrected chi connectivity index (χ0v) is 13.3. The molecule has 110 valence electrons. The van der Waals surface area contributed by atoms with E-state index in [1.54, 1.807) is 0 Å². The number of hydrogen-bond acceptors (Lipinski definition) is 3. The van der Waals surface area contributed by atoms with E-state index >= 15 is 0 Å². The molecule has 0 saturated heterocycles. The predicted molar refractivity (Wildman–Crippen MR) is 79.9 cm³/mol. The van der Waals surface area contributed by atoms with Crippen LogP contribution in [0.25, 0.3) is 0 Å². The molecule has 2 N–H and O–H groups in total. The summed E-state index contributed by atoms with van der Waals surface area (Å²) in [4.78, 5) is 2.42. The highest BCUT2D eigenvalue weighted by Crippen LogP contribution is 2.14. The largest absolute Gasteiger partial charge is 0.394 e. The van der Waals surface area contributed by atoms with Crippen molar-refractivity contribution < 1.29 is 5.11 Å². The van der Waals surface area contributed by atoms with E-state index in [2.05, 4.69) is 51.9 Å². The van der Waals surface area contributed by atoms with Gasteiger partial charge in [-0.25, -0.2) is 0 Å². The summed E-state index contributed by atoms with van der Waals surface area (Å²) >= 11 is 0. The van der Waals surface area contributed by atoms with Crippen molar-refractivity contribution in [2.75, 3.05) is 26.7 Å². The van der Waals surface area contributed by atoms with Crippen molar-refractivity contribution in [3.63, 3.8) is 0 Å². The second kappa shape index (κ2) is 8.89. The van der Waals surface area contributed by atoms with Crippen molar-refractivity contribution in [3.8, 4) is 0 Å². The Labute approximate surface area is 114 Å². The molecule has 3 heteroatoms. The van der Waals surface area contributed by atoms with Crippen molar-refractivity contribution in [2.24, 2.45) is 5.92 Å². The van der Waals surface area contributed by atoms with Gasteiger partial charge in [-0.2, -0.15) is 0 Å². The monoisotopic (exact) mass is 258 g/mol. The molecule has 0 spiro atoms. The van der Waals surface area contributed by atoms with E-state index in [0.717, 1.165) is 32.4 Å². The van der Waals surface area contributed by atoms with E-state index in [0.29, 0.717) is 12.0 Å². The summed E-state index contributed by atoms with van der Waals surface area (Å²) in [5.74, 6) is 0.692. The Balaban J connectivity index is 3.99. The summed E-state index contributed by atoms with van der Waals surface area (Å²) in [6.45, 7) is 13.4. The first-order chi connectivity index (χ1) is 8.36. The molecule has 2 atom stereocenters.